The van der Waals surface area contributed by atoms with Crippen molar-refractivity contribution in [3.8, 4) is 22.4 Å². The first-order valence-electron chi connectivity index (χ1n) is 14.2. The summed E-state index contributed by atoms with van der Waals surface area (Å²) in [4.78, 5) is 17.1. The minimum absolute atomic E-state index is 0.312. The molecule has 7 aromatic rings. The van der Waals surface area contributed by atoms with E-state index in [0.29, 0.717) is 11.8 Å². The molecule has 1 aliphatic carbocycles. The van der Waals surface area contributed by atoms with Crippen LogP contribution in [0.4, 0.5) is 0 Å². The standard InChI is InChI=1S/C34H30N6/c1-17(2)33-37-29-12-11-23-22-8-5-19(13-21(22)7-10-24(23)30(29)38-33)20-6-9-25-26(14-20)27-15-35-36-16-28(27)32-31(25)39-34(40-32)18(3)4/h5-10,13-18H,11-12H2,1-4H3,(H,37,38)(H,39,40). The Bertz CT molecular complexity index is 2130. The maximum Gasteiger partial charge on any atom is 0.109 e. The first-order chi connectivity index (χ1) is 19.5. The lowest BCUT2D eigenvalue weighted by molar-refractivity contribution is 0.787. The molecule has 1 aliphatic rings. The van der Waals surface area contributed by atoms with Gasteiger partial charge in [-0.2, -0.15) is 10.2 Å². The van der Waals surface area contributed by atoms with Gasteiger partial charge in [0.1, 0.15) is 11.6 Å². The molecular formula is C34H30N6. The fraction of sp³-hybridized carbons (Fsp3) is 0.235. The summed E-state index contributed by atoms with van der Waals surface area (Å²) in [5.74, 6) is 2.78. The molecular weight excluding hydrogens is 492 g/mol. The minimum Gasteiger partial charge on any atom is -0.345 e. The van der Waals surface area contributed by atoms with Gasteiger partial charge in [-0.1, -0.05) is 64.1 Å². The van der Waals surface area contributed by atoms with Crippen LogP contribution < -0.4 is 0 Å². The Kier molecular flexibility index (Phi) is 4.93. The molecule has 0 radical (unpaired) electrons. The number of imidazole rings is 2. The zero-order valence-electron chi connectivity index (χ0n) is 23.1. The second-order valence-electron chi connectivity index (χ2n) is 11.7. The second-order valence-corrected chi connectivity index (χ2v) is 11.7. The van der Waals surface area contributed by atoms with E-state index in [4.69, 9.17) is 9.97 Å². The van der Waals surface area contributed by atoms with E-state index in [0.717, 1.165) is 62.8 Å². The van der Waals surface area contributed by atoms with Gasteiger partial charge in [-0.15, -0.1) is 0 Å². The molecule has 3 aromatic heterocycles. The lowest BCUT2D eigenvalue weighted by Gasteiger charge is -2.18. The van der Waals surface area contributed by atoms with Crippen molar-refractivity contribution < 1.29 is 0 Å². The second kappa shape index (κ2) is 8.46. The highest BCUT2D eigenvalue weighted by Crippen LogP contribution is 2.40. The number of hydrogen-bond donors (Lipinski definition) is 2. The molecule has 40 heavy (non-hydrogen) atoms. The summed E-state index contributed by atoms with van der Waals surface area (Å²) >= 11 is 0. The van der Waals surface area contributed by atoms with Crippen LogP contribution in [0.5, 0.6) is 0 Å². The highest BCUT2D eigenvalue weighted by molar-refractivity contribution is 6.23. The van der Waals surface area contributed by atoms with Gasteiger partial charge in [0, 0.05) is 39.3 Å². The summed E-state index contributed by atoms with van der Waals surface area (Å²) < 4.78 is 0. The molecule has 6 heteroatoms. The van der Waals surface area contributed by atoms with Crippen molar-refractivity contribution in [2.45, 2.75) is 52.4 Å². The molecule has 8 rings (SSSR count). The number of aromatic amines is 2. The Balaban J connectivity index is 1.28. The number of nitrogens with zero attached hydrogens (tertiary/aromatic N) is 4. The molecule has 0 amide bonds. The van der Waals surface area contributed by atoms with Crippen LogP contribution >= 0.6 is 0 Å². The topological polar surface area (TPSA) is 83.1 Å². The Labute approximate surface area is 231 Å². The molecule has 0 bridgehead atoms. The van der Waals surface area contributed by atoms with E-state index in [1.807, 2.05) is 12.4 Å². The molecule has 2 N–H and O–H groups in total. The predicted octanol–water partition coefficient (Wildman–Crippen LogP) is 8.22. The van der Waals surface area contributed by atoms with Gasteiger partial charge in [0.15, 0.2) is 0 Å². The van der Waals surface area contributed by atoms with Crippen LogP contribution in [0.1, 0.15) is 62.4 Å². The molecule has 4 aromatic carbocycles. The van der Waals surface area contributed by atoms with Crippen LogP contribution in [-0.4, -0.2) is 30.1 Å². The van der Waals surface area contributed by atoms with Gasteiger partial charge in [-0.3, -0.25) is 0 Å². The number of hydrogen-bond acceptors (Lipinski definition) is 4. The van der Waals surface area contributed by atoms with Crippen molar-refractivity contribution in [3.63, 3.8) is 0 Å². The quantitative estimate of drug-likeness (QED) is 0.229. The maximum atomic E-state index is 4.98. The Morgan fingerprint density at radius 3 is 2.17 bits per heavy atom. The van der Waals surface area contributed by atoms with Gasteiger partial charge >= 0.3 is 0 Å². The number of fused-ring (bicyclic) bond motifs is 11. The minimum atomic E-state index is 0.312. The van der Waals surface area contributed by atoms with Crippen molar-refractivity contribution in [2.24, 2.45) is 0 Å². The number of aromatic nitrogens is 6. The summed E-state index contributed by atoms with van der Waals surface area (Å²) in [5, 5.41) is 15.4. The van der Waals surface area contributed by atoms with Crippen LogP contribution in [0.3, 0.4) is 0 Å². The van der Waals surface area contributed by atoms with Crippen molar-refractivity contribution in [3.05, 3.63) is 83.8 Å². The fourth-order valence-corrected chi connectivity index (χ4v) is 6.37. The first kappa shape index (κ1) is 23.3. The van der Waals surface area contributed by atoms with E-state index < -0.39 is 0 Å². The van der Waals surface area contributed by atoms with Gasteiger partial charge in [0.05, 0.1) is 29.1 Å². The van der Waals surface area contributed by atoms with Crippen LogP contribution in [0, 0.1) is 0 Å². The van der Waals surface area contributed by atoms with Crippen LogP contribution in [-0.2, 0) is 12.8 Å². The van der Waals surface area contributed by atoms with E-state index in [2.05, 4.69) is 96.4 Å². The predicted molar refractivity (Wildman–Crippen MR) is 163 cm³/mol. The van der Waals surface area contributed by atoms with Crippen LogP contribution in [0.25, 0.3) is 65.7 Å². The van der Waals surface area contributed by atoms with Gasteiger partial charge in [0.2, 0.25) is 0 Å². The third kappa shape index (κ3) is 3.35. The van der Waals surface area contributed by atoms with Gasteiger partial charge in [0.25, 0.3) is 0 Å². The zero-order valence-corrected chi connectivity index (χ0v) is 23.1. The molecule has 0 fully saturated rings. The Morgan fingerprint density at radius 1 is 0.650 bits per heavy atom. The Hall–Kier alpha value is -4.58. The van der Waals surface area contributed by atoms with Gasteiger partial charge < -0.3 is 9.97 Å². The molecule has 0 spiro atoms. The molecule has 196 valence electrons. The molecule has 0 unspecified atom stereocenters. The van der Waals surface area contributed by atoms with E-state index in [-0.39, 0.29) is 0 Å². The van der Waals surface area contributed by atoms with Gasteiger partial charge in [-0.05, 0) is 57.8 Å². The Morgan fingerprint density at radius 2 is 1.38 bits per heavy atom. The monoisotopic (exact) mass is 522 g/mol. The van der Waals surface area contributed by atoms with E-state index in [1.165, 1.54) is 38.7 Å². The summed E-state index contributed by atoms with van der Waals surface area (Å²) in [6.45, 7) is 8.70. The van der Waals surface area contributed by atoms with Crippen LogP contribution in [0.15, 0.2) is 60.9 Å². The summed E-state index contributed by atoms with van der Waals surface area (Å²) in [6.07, 6.45) is 5.73. The average molecular weight is 523 g/mol. The molecule has 0 atom stereocenters. The average Bonchev–Trinajstić information content (AvgIpc) is 3.63. The van der Waals surface area contributed by atoms with Crippen molar-refractivity contribution in [1.29, 1.82) is 0 Å². The lowest BCUT2D eigenvalue weighted by Crippen LogP contribution is -2.04. The number of rotatable bonds is 3. The SMILES string of the molecule is CC(C)c1nc2c([nH]1)CCc1c-2ccc2cc(-c3ccc4c(c3)c3cnncc3c3nc(C(C)C)[nH]c43)ccc12. The molecule has 0 aliphatic heterocycles. The number of nitrogens with one attached hydrogen (secondary N) is 2. The fourth-order valence-electron chi connectivity index (χ4n) is 6.37. The summed E-state index contributed by atoms with van der Waals surface area (Å²) in [7, 11) is 0. The molecule has 0 saturated heterocycles. The summed E-state index contributed by atoms with van der Waals surface area (Å²) in [6, 6.07) is 18.1. The van der Waals surface area contributed by atoms with Crippen molar-refractivity contribution in [2.75, 3.05) is 0 Å². The highest BCUT2D eigenvalue weighted by Gasteiger charge is 2.23. The lowest BCUT2D eigenvalue weighted by atomic mass is 9.87. The van der Waals surface area contributed by atoms with Crippen LogP contribution in [0.2, 0.25) is 0 Å². The number of H-pyrrole nitrogens is 2. The molecule has 0 saturated carbocycles. The summed E-state index contributed by atoms with van der Waals surface area (Å²) in [5.41, 5.74) is 9.49. The van der Waals surface area contributed by atoms with Crippen molar-refractivity contribution in [1.82, 2.24) is 30.1 Å². The molecule has 6 nitrogen and oxygen atoms in total. The van der Waals surface area contributed by atoms with E-state index in [1.54, 1.807) is 0 Å². The maximum absolute atomic E-state index is 4.98. The van der Waals surface area contributed by atoms with E-state index in [9.17, 15) is 0 Å². The molecule has 3 heterocycles. The van der Waals surface area contributed by atoms with Gasteiger partial charge in [-0.25, -0.2) is 9.97 Å². The zero-order chi connectivity index (χ0) is 27.1. The third-order valence-corrected chi connectivity index (χ3v) is 8.52. The highest BCUT2D eigenvalue weighted by atomic mass is 15.1. The van der Waals surface area contributed by atoms with Crippen molar-refractivity contribution >= 4 is 43.4 Å². The normalized spacial score (nSPS) is 13.2. The number of benzene rings is 4. The third-order valence-electron chi connectivity index (χ3n) is 8.52. The van der Waals surface area contributed by atoms with E-state index >= 15 is 0 Å². The smallest absolute Gasteiger partial charge is 0.109 e. The first-order valence-corrected chi connectivity index (χ1v) is 14.2. The number of aryl methyl sites for hydroxylation is 2. The largest absolute Gasteiger partial charge is 0.345 e.